The van der Waals surface area contributed by atoms with E-state index >= 15 is 0 Å². The summed E-state index contributed by atoms with van der Waals surface area (Å²) < 4.78 is 0. The van der Waals surface area contributed by atoms with Crippen LogP contribution in [-0.4, -0.2) is 43.0 Å². The van der Waals surface area contributed by atoms with Crippen LogP contribution < -0.4 is 16.8 Å². The number of piperidine rings is 1. The molecule has 5 N–H and O–H groups in total. The van der Waals surface area contributed by atoms with Crippen LogP contribution in [0.5, 0.6) is 0 Å². The van der Waals surface area contributed by atoms with Crippen molar-refractivity contribution in [3.8, 4) is 0 Å². The van der Waals surface area contributed by atoms with Gasteiger partial charge in [0.25, 0.3) is 0 Å². The smallest absolute Gasteiger partial charge is 0.248 e. The molecule has 0 spiro atoms. The number of nitrogens with two attached hydrogens (primary N) is 2. The molecule has 27 heavy (non-hydrogen) atoms. The number of amides is 1. The maximum Gasteiger partial charge on any atom is 0.248 e. The third-order valence-electron chi connectivity index (χ3n) is 5.45. The number of primary amides is 1. The fourth-order valence-corrected chi connectivity index (χ4v) is 5.10. The monoisotopic (exact) mass is 382 g/mol. The first-order valence-corrected chi connectivity index (χ1v) is 10.4. The third-order valence-corrected chi connectivity index (χ3v) is 6.65. The van der Waals surface area contributed by atoms with Crippen LogP contribution in [0, 0.1) is 0 Å². The van der Waals surface area contributed by atoms with Gasteiger partial charge in [0, 0.05) is 59.7 Å². The Morgan fingerprint density at radius 3 is 2.70 bits per heavy atom. The molecule has 0 atom stereocenters. The van der Waals surface area contributed by atoms with E-state index in [9.17, 15) is 4.79 Å². The van der Waals surface area contributed by atoms with Gasteiger partial charge in [-0.15, -0.1) is 0 Å². The average Bonchev–Trinajstić information content (AvgIpc) is 2.68. The second kappa shape index (κ2) is 7.92. The van der Waals surface area contributed by atoms with Crippen molar-refractivity contribution in [2.75, 3.05) is 31.5 Å². The van der Waals surface area contributed by atoms with Gasteiger partial charge >= 0.3 is 0 Å². The van der Waals surface area contributed by atoms with Gasteiger partial charge in [-0.1, -0.05) is 30.0 Å². The number of carbonyl (C=O) groups excluding carboxylic acids is 1. The topological polar surface area (TPSA) is 84.4 Å². The van der Waals surface area contributed by atoms with Crippen molar-refractivity contribution in [2.45, 2.75) is 35.1 Å². The first kappa shape index (κ1) is 18.3. The molecule has 4 rings (SSSR count). The molecule has 0 aliphatic carbocycles. The number of rotatable bonds is 5. The van der Waals surface area contributed by atoms with Crippen LogP contribution in [-0.2, 0) is 6.42 Å². The van der Waals surface area contributed by atoms with Crippen molar-refractivity contribution >= 4 is 23.4 Å². The summed E-state index contributed by atoms with van der Waals surface area (Å²) in [6.07, 6.45) is 3.05. The van der Waals surface area contributed by atoms with Crippen molar-refractivity contribution in [1.82, 2.24) is 4.90 Å². The Morgan fingerprint density at radius 1 is 1.19 bits per heavy atom. The second-order valence-corrected chi connectivity index (χ2v) is 8.38. The molecule has 2 aliphatic rings. The lowest BCUT2D eigenvalue weighted by Crippen LogP contribution is -2.41. The summed E-state index contributed by atoms with van der Waals surface area (Å²) in [5.41, 5.74) is 15.5. The zero-order valence-electron chi connectivity index (χ0n) is 15.4. The summed E-state index contributed by atoms with van der Waals surface area (Å²) in [4.78, 5) is 16.7. The Labute approximate surface area is 164 Å². The quantitative estimate of drug-likeness (QED) is 0.632. The van der Waals surface area contributed by atoms with Crippen LogP contribution in [0.1, 0.15) is 34.3 Å². The summed E-state index contributed by atoms with van der Waals surface area (Å²) in [5, 5.41) is 3.72. The van der Waals surface area contributed by atoms with Crippen LogP contribution in [0.4, 0.5) is 5.69 Å². The van der Waals surface area contributed by atoms with Crippen LogP contribution in [0.3, 0.4) is 0 Å². The number of benzene rings is 2. The predicted octanol–water partition coefficient (Wildman–Crippen LogP) is 2.68. The van der Waals surface area contributed by atoms with Crippen LogP contribution in [0.2, 0.25) is 0 Å². The molecule has 0 aromatic heterocycles. The number of hydrogen-bond donors (Lipinski definition) is 3. The van der Waals surface area contributed by atoms with Crippen molar-refractivity contribution in [2.24, 2.45) is 11.5 Å². The van der Waals surface area contributed by atoms with Gasteiger partial charge in [0.15, 0.2) is 0 Å². The van der Waals surface area contributed by atoms with Gasteiger partial charge in [-0.05, 0) is 42.2 Å². The molecule has 142 valence electrons. The number of likely N-dealkylation sites (tertiary alicyclic amines) is 1. The zero-order chi connectivity index (χ0) is 18.8. The van der Waals surface area contributed by atoms with Gasteiger partial charge < -0.3 is 21.7 Å². The molecule has 0 saturated carbocycles. The van der Waals surface area contributed by atoms with E-state index in [-0.39, 0.29) is 5.91 Å². The van der Waals surface area contributed by atoms with Gasteiger partial charge in [0.1, 0.15) is 0 Å². The summed E-state index contributed by atoms with van der Waals surface area (Å²) in [5.74, 6) is -0.377. The van der Waals surface area contributed by atoms with Crippen molar-refractivity contribution < 1.29 is 4.79 Å². The van der Waals surface area contributed by atoms with E-state index in [1.807, 2.05) is 12.1 Å². The number of carbonyl (C=O) groups is 1. The van der Waals surface area contributed by atoms with E-state index in [1.165, 1.54) is 16.0 Å². The Bertz CT molecular complexity index is 846. The fraction of sp³-hybridized carbons (Fsp3) is 0.381. The van der Waals surface area contributed by atoms with E-state index in [4.69, 9.17) is 11.5 Å². The maximum absolute atomic E-state index is 11.9. The second-order valence-electron chi connectivity index (χ2n) is 7.30. The lowest BCUT2D eigenvalue weighted by Gasteiger charge is -2.33. The Balaban J connectivity index is 1.59. The molecule has 2 aromatic carbocycles. The summed E-state index contributed by atoms with van der Waals surface area (Å²) in [6, 6.07) is 12.7. The van der Waals surface area contributed by atoms with E-state index < -0.39 is 0 Å². The van der Waals surface area contributed by atoms with Crippen molar-refractivity contribution in [1.29, 1.82) is 0 Å². The minimum atomic E-state index is -0.377. The average molecular weight is 383 g/mol. The zero-order valence-corrected chi connectivity index (χ0v) is 16.2. The summed E-state index contributed by atoms with van der Waals surface area (Å²) >= 11 is 1.73. The molecular weight excluding hydrogens is 356 g/mol. The number of anilines is 1. The van der Waals surface area contributed by atoms with E-state index in [0.717, 1.165) is 49.5 Å². The molecule has 1 amide bonds. The van der Waals surface area contributed by atoms with Gasteiger partial charge in [-0.2, -0.15) is 0 Å². The minimum absolute atomic E-state index is 0.377. The molecule has 0 bridgehead atoms. The number of nitrogens with zero attached hydrogens (tertiary/aromatic N) is 1. The lowest BCUT2D eigenvalue weighted by atomic mass is 9.98. The molecule has 2 heterocycles. The minimum Gasteiger partial charge on any atom is -0.382 e. The number of hydrogen-bond acceptors (Lipinski definition) is 5. The van der Waals surface area contributed by atoms with Gasteiger partial charge in [-0.3, -0.25) is 4.79 Å². The van der Waals surface area contributed by atoms with Crippen molar-refractivity contribution in [3.63, 3.8) is 0 Å². The number of fused-ring (bicyclic) bond motifs is 2. The normalized spacial score (nSPS) is 17.2. The Kier molecular flexibility index (Phi) is 5.38. The fourth-order valence-electron chi connectivity index (χ4n) is 3.95. The van der Waals surface area contributed by atoms with Crippen LogP contribution in [0.25, 0.3) is 0 Å². The predicted molar refractivity (Wildman–Crippen MR) is 110 cm³/mol. The lowest BCUT2D eigenvalue weighted by molar-refractivity contribution is 0.1000. The van der Waals surface area contributed by atoms with E-state index in [1.54, 1.807) is 11.8 Å². The molecular formula is C21H26N4OS. The van der Waals surface area contributed by atoms with E-state index in [0.29, 0.717) is 18.2 Å². The summed E-state index contributed by atoms with van der Waals surface area (Å²) in [6.45, 7) is 3.80. The first-order chi connectivity index (χ1) is 13.1. The highest BCUT2D eigenvalue weighted by atomic mass is 32.2. The maximum atomic E-state index is 11.9. The van der Waals surface area contributed by atoms with Gasteiger partial charge in [-0.25, -0.2) is 0 Å². The van der Waals surface area contributed by atoms with Crippen LogP contribution >= 0.6 is 11.8 Å². The molecule has 6 heteroatoms. The largest absolute Gasteiger partial charge is 0.382 e. The van der Waals surface area contributed by atoms with Gasteiger partial charge in [0.05, 0.1) is 0 Å². The highest BCUT2D eigenvalue weighted by Crippen LogP contribution is 2.43. The SMILES string of the molecule is NCCN1CCC(Nc2cc(C(N)=O)cc3c2Cc2ccccc2S3)CC1. The Morgan fingerprint density at radius 2 is 1.96 bits per heavy atom. The standard InChI is InChI=1S/C21H26N4OS/c22-7-10-25-8-5-16(6-9-25)24-18-12-15(21(23)26)13-20-17(18)11-14-3-1-2-4-19(14)27-20/h1-4,12-13,16,24H,5-11,22H2,(H2,23,26). The van der Waals surface area contributed by atoms with E-state index in [2.05, 4.69) is 34.5 Å². The molecule has 5 nitrogen and oxygen atoms in total. The molecule has 2 aliphatic heterocycles. The highest BCUT2D eigenvalue weighted by Gasteiger charge is 2.24. The molecule has 1 fully saturated rings. The van der Waals surface area contributed by atoms with Crippen LogP contribution in [0.15, 0.2) is 46.2 Å². The summed E-state index contributed by atoms with van der Waals surface area (Å²) in [7, 11) is 0. The molecule has 0 radical (unpaired) electrons. The van der Waals surface area contributed by atoms with Crippen molar-refractivity contribution in [3.05, 3.63) is 53.1 Å². The highest BCUT2D eigenvalue weighted by molar-refractivity contribution is 7.99. The Hall–Kier alpha value is -2.02. The first-order valence-electron chi connectivity index (χ1n) is 9.55. The van der Waals surface area contributed by atoms with Gasteiger partial charge in [0.2, 0.25) is 5.91 Å². The third kappa shape index (κ3) is 3.98. The molecule has 2 aromatic rings. The number of nitrogens with one attached hydrogen (secondary N) is 1. The molecule has 1 saturated heterocycles. The molecule has 0 unspecified atom stereocenters.